The quantitative estimate of drug-likeness (QED) is 0.687. The third kappa shape index (κ3) is 2.76. The van der Waals surface area contributed by atoms with Crippen molar-refractivity contribution in [3.63, 3.8) is 0 Å². The highest BCUT2D eigenvalue weighted by Gasteiger charge is 2.23. The summed E-state index contributed by atoms with van der Waals surface area (Å²) in [5.41, 5.74) is -1.39. The van der Waals surface area contributed by atoms with E-state index in [2.05, 4.69) is 5.32 Å². The Morgan fingerprint density at radius 3 is 1.68 bits per heavy atom. The van der Waals surface area contributed by atoms with Crippen molar-refractivity contribution >= 4 is 23.6 Å². The summed E-state index contributed by atoms with van der Waals surface area (Å²) in [6, 6.07) is 1.79. The second-order valence-corrected chi connectivity index (χ2v) is 3.69. The molecule has 1 aromatic carbocycles. The average molecular weight is 265 g/mol. The van der Waals surface area contributed by atoms with E-state index in [1.807, 2.05) is 0 Å². The van der Waals surface area contributed by atoms with Crippen LogP contribution in [0.15, 0.2) is 12.1 Å². The number of carbonyl (C=O) groups is 4. The van der Waals surface area contributed by atoms with Crippen LogP contribution in [0, 0.1) is 0 Å². The Labute approximate surface area is 107 Å². The van der Waals surface area contributed by atoms with Crippen LogP contribution < -0.4 is 5.32 Å². The lowest BCUT2D eigenvalue weighted by atomic mass is 9.95. The number of hydrogen-bond acceptors (Lipinski definition) is 4. The molecule has 1 amide bonds. The highest BCUT2D eigenvalue weighted by Crippen LogP contribution is 2.18. The molecule has 0 aliphatic heterocycles. The minimum absolute atomic E-state index is 0.212. The Morgan fingerprint density at radius 1 is 0.895 bits per heavy atom. The van der Waals surface area contributed by atoms with Gasteiger partial charge in [-0.15, -0.1) is 0 Å². The van der Waals surface area contributed by atoms with Crippen molar-refractivity contribution in [3.8, 4) is 0 Å². The fraction of sp³-hybridized carbons (Fsp3) is 0.167. The van der Waals surface area contributed by atoms with Crippen LogP contribution in [-0.2, 0) is 0 Å². The van der Waals surface area contributed by atoms with Gasteiger partial charge in [-0.3, -0.25) is 9.59 Å². The first-order valence-corrected chi connectivity index (χ1v) is 5.17. The predicted octanol–water partition coefficient (Wildman–Crippen LogP) is 0.645. The van der Waals surface area contributed by atoms with Gasteiger partial charge in [0.05, 0.1) is 16.7 Å². The third-order valence-electron chi connectivity index (χ3n) is 2.47. The van der Waals surface area contributed by atoms with Crippen LogP contribution in [0.25, 0.3) is 0 Å². The minimum atomic E-state index is -1.45. The largest absolute Gasteiger partial charge is 0.478 e. The Hall–Kier alpha value is -2.70. The Balaban J connectivity index is 3.69. The first-order valence-electron chi connectivity index (χ1n) is 5.17. The average Bonchev–Trinajstić information content (AvgIpc) is 2.35. The second-order valence-electron chi connectivity index (χ2n) is 3.69. The van der Waals surface area contributed by atoms with Crippen LogP contribution in [0.2, 0.25) is 0 Å². The molecule has 100 valence electrons. The topological polar surface area (TPSA) is 121 Å². The molecule has 0 fully saturated rings. The van der Waals surface area contributed by atoms with Crippen molar-refractivity contribution < 1.29 is 29.4 Å². The van der Waals surface area contributed by atoms with E-state index in [1.165, 1.54) is 7.05 Å². The molecule has 0 heterocycles. The predicted molar refractivity (Wildman–Crippen MR) is 63.8 cm³/mol. The van der Waals surface area contributed by atoms with E-state index in [9.17, 15) is 19.2 Å². The lowest BCUT2D eigenvalue weighted by Crippen LogP contribution is -2.23. The van der Waals surface area contributed by atoms with Crippen LogP contribution in [0.5, 0.6) is 0 Å². The van der Waals surface area contributed by atoms with Crippen molar-refractivity contribution in [1.82, 2.24) is 5.32 Å². The number of nitrogens with one attached hydrogen (secondary N) is 1. The minimum Gasteiger partial charge on any atom is -0.478 e. The number of Topliss-reactive ketones (excluding diaryl/α,β-unsaturated/α-hetero) is 1. The normalized spacial score (nSPS) is 9.79. The van der Waals surface area contributed by atoms with Gasteiger partial charge in [-0.05, 0) is 19.1 Å². The van der Waals surface area contributed by atoms with Crippen molar-refractivity contribution in [2.24, 2.45) is 0 Å². The smallest absolute Gasteiger partial charge is 0.336 e. The molecule has 7 nitrogen and oxygen atoms in total. The Kier molecular flexibility index (Phi) is 4.00. The summed E-state index contributed by atoms with van der Waals surface area (Å²) in [7, 11) is 1.30. The van der Waals surface area contributed by atoms with E-state index in [1.54, 1.807) is 0 Å². The number of carboxylic acid groups (broad SMARTS) is 2. The first kappa shape index (κ1) is 14.4. The molecule has 0 atom stereocenters. The number of aromatic carboxylic acids is 2. The van der Waals surface area contributed by atoms with E-state index in [-0.39, 0.29) is 11.1 Å². The fourth-order valence-corrected chi connectivity index (χ4v) is 1.57. The summed E-state index contributed by atoms with van der Waals surface area (Å²) in [6.07, 6.45) is 0. The van der Waals surface area contributed by atoms with Crippen molar-refractivity contribution in [1.29, 1.82) is 0 Å². The number of ketones is 1. The third-order valence-corrected chi connectivity index (χ3v) is 2.47. The highest BCUT2D eigenvalue weighted by molar-refractivity contribution is 6.11. The lowest BCUT2D eigenvalue weighted by molar-refractivity contribution is 0.0689. The molecular formula is C12H11NO6. The molecule has 0 saturated heterocycles. The van der Waals surface area contributed by atoms with E-state index in [0.717, 1.165) is 19.1 Å². The van der Waals surface area contributed by atoms with Crippen LogP contribution in [0.1, 0.15) is 48.4 Å². The summed E-state index contributed by atoms with van der Waals surface area (Å²) in [4.78, 5) is 45.0. The zero-order valence-electron chi connectivity index (χ0n) is 10.2. The number of hydrogen-bond donors (Lipinski definition) is 3. The molecule has 0 bridgehead atoms. The number of rotatable bonds is 4. The lowest BCUT2D eigenvalue weighted by Gasteiger charge is -2.09. The maximum atomic E-state index is 11.6. The molecule has 19 heavy (non-hydrogen) atoms. The molecule has 3 N–H and O–H groups in total. The van der Waals surface area contributed by atoms with Crippen LogP contribution in [0.3, 0.4) is 0 Å². The number of carbonyl (C=O) groups excluding carboxylic acids is 2. The second kappa shape index (κ2) is 5.30. The Bertz CT molecular complexity index is 590. The number of carboxylic acids is 2. The SMILES string of the molecule is CNC(=O)c1cc(C(C)=O)c(C(=O)O)cc1C(=O)O. The molecule has 0 aromatic heterocycles. The van der Waals surface area contributed by atoms with E-state index < -0.39 is 34.8 Å². The van der Waals surface area contributed by atoms with E-state index >= 15 is 0 Å². The van der Waals surface area contributed by atoms with Gasteiger partial charge in [-0.1, -0.05) is 0 Å². The first-order chi connectivity index (χ1) is 8.79. The maximum absolute atomic E-state index is 11.6. The van der Waals surface area contributed by atoms with Crippen LogP contribution >= 0.6 is 0 Å². The van der Waals surface area contributed by atoms with E-state index in [4.69, 9.17) is 10.2 Å². The zero-order chi connectivity index (χ0) is 14.7. The molecule has 7 heteroatoms. The van der Waals surface area contributed by atoms with Gasteiger partial charge in [0.15, 0.2) is 5.78 Å². The summed E-state index contributed by atoms with van der Waals surface area (Å²) >= 11 is 0. The summed E-state index contributed by atoms with van der Waals surface area (Å²) in [5, 5.41) is 20.2. The van der Waals surface area contributed by atoms with Gasteiger partial charge in [-0.2, -0.15) is 0 Å². The van der Waals surface area contributed by atoms with Crippen molar-refractivity contribution in [3.05, 3.63) is 34.4 Å². The molecule has 0 aliphatic rings. The van der Waals surface area contributed by atoms with Gasteiger partial charge < -0.3 is 15.5 Å². The standard InChI is InChI=1S/C12H11NO6/c1-5(14)6-3-7(10(15)13-2)9(12(18)19)4-8(6)11(16)17/h3-4H,1-2H3,(H,13,15)(H,16,17)(H,18,19). The number of amides is 1. The van der Waals surface area contributed by atoms with Gasteiger partial charge in [0.2, 0.25) is 0 Å². The Morgan fingerprint density at radius 2 is 1.32 bits per heavy atom. The molecular weight excluding hydrogens is 254 g/mol. The van der Waals surface area contributed by atoms with Gasteiger partial charge in [0.25, 0.3) is 5.91 Å². The van der Waals surface area contributed by atoms with Gasteiger partial charge in [-0.25, -0.2) is 9.59 Å². The summed E-state index contributed by atoms with van der Waals surface area (Å²) < 4.78 is 0. The van der Waals surface area contributed by atoms with Crippen LogP contribution in [-0.4, -0.2) is 40.9 Å². The fourth-order valence-electron chi connectivity index (χ4n) is 1.57. The molecule has 0 radical (unpaired) electrons. The monoisotopic (exact) mass is 265 g/mol. The van der Waals surface area contributed by atoms with Crippen molar-refractivity contribution in [2.45, 2.75) is 6.92 Å². The molecule has 1 aromatic rings. The molecule has 1 rings (SSSR count). The van der Waals surface area contributed by atoms with Gasteiger partial charge >= 0.3 is 11.9 Å². The molecule has 0 saturated carbocycles. The highest BCUT2D eigenvalue weighted by atomic mass is 16.4. The molecule has 0 spiro atoms. The molecule has 0 unspecified atom stereocenters. The van der Waals surface area contributed by atoms with Crippen LogP contribution in [0.4, 0.5) is 0 Å². The molecule has 0 aliphatic carbocycles. The maximum Gasteiger partial charge on any atom is 0.336 e. The van der Waals surface area contributed by atoms with E-state index in [0.29, 0.717) is 0 Å². The summed E-state index contributed by atoms with van der Waals surface area (Å²) in [5.74, 6) is -4.16. The number of benzene rings is 1. The van der Waals surface area contributed by atoms with Gasteiger partial charge in [0.1, 0.15) is 0 Å². The van der Waals surface area contributed by atoms with Gasteiger partial charge in [0, 0.05) is 12.6 Å². The summed E-state index contributed by atoms with van der Waals surface area (Å²) in [6.45, 7) is 1.13. The van der Waals surface area contributed by atoms with Crippen molar-refractivity contribution in [2.75, 3.05) is 7.05 Å². The zero-order valence-corrected chi connectivity index (χ0v) is 10.2.